The molecule has 9 nitrogen and oxygen atoms in total. The number of carbonyl (C=O) groups is 1. The topological polar surface area (TPSA) is 128 Å². The summed E-state index contributed by atoms with van der Waals surface area (Å²) < 4.78 is 50.1. The normalized spacial score (nSPS) is 14.4. The number of aliphatic carboxylic acids is 1. The molecule has 1 aliphatic heterocycles. The average molecular weight is 582 g/mol. The molecule has 0 saturated heterocycles. The van der Waals surface area contributed by atoms with E-state index in [1.54, 1.807) is 45.9 Å². The van der Waals surface area contributed by atoms with Crippen LogP contribution in [0, 0.1) is 13.8 Å². The molecule has 4 aromatic rings. The molecular weight excluding hydrogens is 550 g/mol. The number of nitrogens with zero attached hydrogens (tertiary/aromatic N) is 2. The van der Waals surface area contributed by atoms with Crippen LogP contribution in [0.3, 0.4) is 0 Å². The van der Waals surface area contributed by atoms with Crippen LogP contribution in [0.5, 0.6) is 5.75 Å². The van der Waals surface area contributed by atoms with E-state index in [0.29, 0.717) is 34.4 Å². The minimum atomic E-state index is -4.09. The maximum absolute atomic E-state index is 13.6. The molecule has 0 fully saturated rings. The third-order valence-electron chi connectivity index (χ3n) is 6.77. The van der Waals surface area contributed by atoms with Crippen LogP contribution in [-0.4, -0.2) is 40.4 Å². The number of carboxylic acid groups (broad SMARTS) is 1. The van der Waals surface area contributed by atoms with E-state index < -0.39 is 27.7 Å². The molecule has 1 aliphatic rings. The Bertz CT molecular complexity index is 1720. The Hall–Kier alpha value is -3.54. The molecule has 0 radical (unpaired) electrons. The number of anilines is 1. The van der Waals surface area contributed by atoms with Gasteiger partial charge in [-0.25, -0.2) is 13.2 Å². The molecule has 0 spiro atoms. The third kappa shape index (κ3) is 5.41. The van der Waals surface area contributed by atoms with Gasteiger partial charge >= 0.3 is 5.97 Å². The minimum Gasteiger partial charge on any atom is -0.493 e. The van der Waals surface area contributed by atoms with Gasteiger partial charge in [0.15, 0.2) is 6.10 Å². The molecule has 0 saturated carbocycles. The van der Waals surface area contributed by atoms with Crippen molar-refractivity contribution >= 4 is 44.4 Å². The number of rotatable bonds is 7. The van der Waals surface area contributed by atoms with Gasteiger partial charge in [0.1, 0.15) is 21.7 Å². The first kappa shape index (κ1) is 28.0. The predicted molar refractivity (Wildman–Crippen MR) is 155 cm³/mol. The van der Waals surface area contributed by atoms with Gasteiger partial charge < -0.3 is 14.6 Å². The number of carboxylic acids is 1. The number of nitrogens with one attached hydrogen (secondary N) is 1. The van der Waals surface area contributed by atoms with Crippen LogP contribution in [0.2, 0.25) is 0 Å². The zero-order chi connectivity index (χ0) is 28.8. The second kappa shape index (κ2) is 10.5. The van der Waals surface area contributed by atoms with Gasteiger partial charge in [0.25, 0.3) is 10.0 Å². The summed E-state index contributed by atoms with van der Waals surface area (Å²) in [5.74, 6) is -0.347. The van der Waals surface area contributed by atoms with Crippen molar-refractivity contribution in [3.63, 3.8) is 0 Å². The SMILES string of the molecule is Cc1cc(NS(=O)(=O)c2cccc3nsnc23)c(C)c(C(OC(C)(C)C)C(=O)O)c1-c1ccc2c(c1)CCCO2. The highest BCUT2D eigenvalue weighted by Crippen LogP contribution is 2.42. The number of aryl methyl sites for hydroxylation is 2. The molecule has 0 bridgehead atoms. The predicted octanol–water partition coefficient (Wildman–Crippen LogP) is 6.04. The second-order valence-electron chi connectivity index (χ2n) is 10.9. The average Bonchev–Trinajstić information content (AvgIpc) is 3.37. The van der Waals surface area contributed by atoms with Crippen molar-refractivity contribution in [3.8, 4) is 16.9 Å². The number of aromatic nitrogens is 2. The zero-order valence-corrected chi connectivity index (χ0v) is 24.6. The molecule has 0 aliphatic carbocycles. The maximum Gasteiger partial charge on any atom is 0.337 e. The van der Waals surface area contributed by atoms with Crippen LogP contribution in [0.15, 0.2) is 47.4 Å². The highest BCUT2D eigenvalue weighted by molar-refractivity contribution is 7.93. The van der Waals surface area contributed by atoms with Gasteiger partial charge in [-0.1, -0.05) is 12.1 Å². The van der Waals surface area contributed by atoms with Gasteiger partial charge in [-0.15, -0.1) is 0 Å². The summed E-state index contributed by atoms with van der Waals surface area (Å²) in [4.78, 5) is 12.7. The lowest BCUT2D eigenvalue weighted by molar-refractivity contribution is -0.160. The van der Waals surface area contributed by atoms with Gasteiger partial charge in [0.05, 0.1) is 29.6 Å². The molecule has 210 valence electrons. The number of benzene rings is 3. The Labute approximate surface area is 237 Å². The summed E-state index contributed by atoms with van der Waals surface area (Å²) in [5.41, 5.74) is 4.35. The van der Waals surface area contributed by atoms with Crippen molar-refractivity contribution in [1.29, 1.82) is 0 Å². The number of ether oxygens (including phenoxy) is 2. The standard InChI is InChI=1S/C29H31N3O6S2/c1-16-14-21(32-40(35,36)23-10-6-9-20-26(23)31-39-30-20)17(2)25(27(28(33)34)38-29(3,4)5)24(16)19-11-12-22-18(15-19)8-7-13-37-22/h6,9-12,14-15,27,32H,7-8,13H2,1-5H3,(H,33,34). The van der Waals surface area contributed by atoms with Crippen LogP contribution in [0.25, 0.3) is 22.2 Å². The Morgan fingerprint density at radius 3 is 2.65 bits per heavy atom. The van der Waals surface area contributed by atoms with Gasteiger partial charge in [0.2, 0.25) is 0 Å². The van der Waals surface area contributed by atoms with E-state index in [9.17, 15) is 18.3 Å². The maximum atomic E-state index is 13.6. The molecule has 1 aromatic heterocycles. The molecular formula is C29H31N3O6S2. The van der Waals surface area contributed by atoms with Crippen molar-refractivity contribution in [3.05, 3.63) is 64.7 Å². The van der Waals surface area contributed by atoms with Crippen molar-refractivity contribution in [2.45, 2.75) is 64.1 Å². The molecule has 2 N–H and O–H groups in total. The summed E-state index contributed by atoms with van der Waals surface area (Å²) in [6, 6.07) is 12.4. The van der Waals surface area contributed by atoms with Crippen LogP contribution in [-0.2, 0) is 26.0 Å². The molecule has 1 atom stereocenters. The van der Waals surface area contributed by atoms with Crippen molar-refractivity contribution in [2.75, 3.05) is 11.3 Å². The number of fused-ring (bicyclic) bond motifs is 2. The van der Waals surface area contributed by atoms with E-state index in [1.807, 2.05) is 25.1 Å². The van der Waals surface area contributed by atoms with Crippen LogP contribution < -0.4 is 9.46 Å². The van der Waals surface area contributed by atoms with Crippen molar-refractivity contribution < 1.29 is 27.8 Å². The lowest BCUT2D eigenvalue weighted by Crippen LogP contribution is -2.28. The highest BCUT2D eigenvalue weighted by atomic mass is 32.2. The quantitative estimate of drug-likeness (QED) is 0.270. The molecule has 2 heterocycles. The van der Waals surface area contributed by atoms with Crippen LogP contribution >= 0.6 is 11.7 Å². The van der Waals surface area contributed by atoms with E-state index in [4.69, 9.17) is 9.47 Å². The lowest BCUT2D eigenvalue weighted by atomic mass is 9.86. The largest absolute Gasteiger partial charge is 0.493 e. The smallest absolute Gasteiger partial charge is 0.337 e. The van der Waals surface area contributed by atoms with E-state index >= 15 is 0 Å². The van der Waals surface area contributed by atoms with Crippen molar-refractivity contribution in [2.24, 2.45) is 0 Å². The number of hydrogen-bond donors (Lipinski definition) is 2. The molecule has 11 heteroatoms. The van der Waals surface area contributed by atoms with E-state index in [-0.39, 0.29) is 16.1 Å². The van der Waals surface area contributed by atoms with Crippen LogP contribution in [0.4, 0.5) is 5.69 Å². The van der Waals surface area contributed by atoms with Gasteiger partial charge in [0, 0.05) is 5.56 Å². The monoisotopic (exact) mass is 581 g/mol. The lowest BCUT2D eigenvalue weighted by Gasteiger charge is -2.30. The Morgan fingerprint density at radius 1 is 1.15 bits per heavy atom. The van der Waals surface area contributed by atoms with Gasteiger partial charge in [-0.05, 0) is 106 Å². The molecule has 5 rings (SSSR count). The Kier molecular flexibility index (Phi) is 7.32. The molecule has 3 aromatic carbocycles. The summed E-state index contributed by atoms with van der Waals surface area (Å²) >= 11 is 0.936. The minimum absolute atomic E-state index is 0.00292. The zero-order valence-electron chi connectivity index (χ0n) is 22.9. The summed E-state index contributed by atoms with van der Waals surface area (Å²) in [5, 5.41) is 10.4. The third-order valence-corrected chi connectivity index (χ3v) is 8.71. The van der Waals surface area contributed by atoms with E-state index in [2.05, 4.69) is 13.5 Å². The summed E-state index contributed by atoms with van der Waals surface area (Å²) in [6.07, 6.45) is 0.400. The number of hydrogen-bond acceptors (Lipinski definition) is 8. The Morgan fingerprint density at radius 2 is 1.93 bits per heavy atom. The fourth-order valence-corrected chi connectivity index (χ4v) is 6.94. The fraction of sp³-hybridized carbons (Fsp3) is 0.345. The first-order valence-corrected chi connectivity index (χ1v) is 15.1. The summed E-state index contributed by atoms with van der Waals surface area (Å²) in [6.45, 7) is 9.58. The first-order chi connectivity index (χ1) is 18.9. The highest BCUT2D eigenvalue weighted by Gasteiger charge is 2.33. The Balaban J connectivity index is 1.70. The summed E-state index contributed by atoms with van der Waals surface area (Å²) in [7, 11) is -4.09. The van der Waals surface area contributed by atoms with Crippen molar-refractivity contribution in [1.82, 2.24) is 8.75 Å². The molecule has 0 amide bonds. The van der Waals surface area contributed by atoms with Gasteiger partial charge in [-0.2, -0.15) is 8.75 Å². The van der Waals surface area contributed by atoms with E-state index in [0.717, 1.165) is 41.4 Å². The first-order valence-electron chi connectivity index (χ1n) is 12.9. The molecule has 40 heavy (non-hydrogen) atoms. The second-order valence-corrected chi connectivity index (χ2v) is 13.1. The van der Waals surface area contributed by atoms with Crippen LogP contribution in [0.1, 0.15) is 55.5 Å². The van der Waals surface area contributed by atoms with E-state index in [1.165, 1.54) is 6.07 Å². The number of sulfonamides is 1. The fourth-order valence-electron chi connectivity index (χ4n) is 5.06. The molecule has 1 unspecified atom stereocenters. The van der Waals surface area contributed by atoms with Gasteiger partial charge in [-0.3, -0.25) is 4.72 Å².